The Morgan fingerprint density at radius 1 is 1.24 bits per heavy atom. The van der Waals surface area contributed by atoms with Crippen LogP contribution < -0.4 is 9.64 Å². The first-order valence-electron chi connectivity index (χ1n) is 8.31. The van der Waals surface area contributed by atoms with E-state index in [4.69, 9.17) is 19.6 Å². The third-order valence-corrected chi connectivity index (χ3v) is 3.94. The van der Waals surface area contributed by atoms with Crippen molar-refractivity contribution in [1.82, 2.24) is 9.97 Å². The molecule has 7 nitrogen and oxygen atoms in total. The number of morpholine rings is 1. The fourth-order valence-electron chi connectivity index (χ4n) is 2.58. The number of carboxylic acid groups (broad SMARTS) is 1. The van der Waals surface area contributed by atoms with Crippen LogP contribution in [0.4, 0.5) is 5.95 Å². The van der Waals surface area contributed by atoms with Crippen LogP contribution in [0.5, 0.6) is 5.75 Å². The molecule has 0 bridgehead atoms. The number of hydrogen-bond donors (Lipinski definition) is 1. The minimum absolute atomic E-state index is 0.353. The number of carboxylic acids is 1. The Labute approximate surface area is 146 Å². The second kappa shape index (κ2) is 7.94. The molecule has 2 heterocycles. The molecule has 1 aliphatic rings. The van der Waals surface area contributed by atoms with Crippen LogP contribution in [0.2, 0.25) is 0 Å². The maximum Gasteiger partial charge on any atom is 0.341 e. The molecule has 0 unspecified atom stereocenters. The summed E-state index contributed by atoms with van der Waals surface area (Å²) in [6, 6.07) is 9.24. The molecule has 132 valence electrons. The number of benzene rings is 1. The lowest BCUT2D eigenvalue weighted by Gasteiger charge is -2.27. The highest BCUT2D eigenvalue weighted by atomic mass is 16.5. The average Bonchev–Trinajstić information content (AvgIpc) is 2.67. The maximum atomic E-state index is 10.6. The Bertz CT molecular complexity index is 728. The number of aryl methyl sites for hydroxylation is 1. The van der Waals surface area contributed by atoms with Gasteiger partial charge in [0, 0.05) is 24.3 Å². The zero-order chi connectivity index (χ0) is 17.6. The Hall–Kier alpha value is -2.67. The second-order valence-electron chi connectivity index (χ2n) is 5.70. The number of aromatic nitrogens is 2. The van der Waals surface area contributed by atoms with Crippen LogP contribution in [-0.4, -0.2) is 54.0 Å². The van der Waals surface area contributed by atoms with Crippen LogP contribution in [0.1, 0.15) is 12.6 Å². The van der Waals surface area contributed by atoms with Crippen LogP contribution in [0.3, 0.4) is 0 Å². The predicted molar refractivity (Wildman–Crippen MR) is 93.0 cm³/mol. The third kappa shape index (κ3) is 4.45. The smallest absolute Gasteiger partial charge is 0.341 e. The minimum Gasteiger partial charge on any atom is -0.482 e. The fourth-order valence-corrected chi connectivity index (χ4v) is 2.58. The van der Waals surface area contributed by atoms with E-state index in [1.165, 1.54) is 0 Å². The van der Waals surface area contributed by atoms with Crippen molar-refractivity contribution in [2.45, 2.75) is 13.3 Å². The zero-order valence-electron chi connectivity index (χ0n) is 14.1. The van der Waals surface area contributed by atoms with Gasteiger partial charge in [0.25, 0.3) is 0 Å². The summed E-state index contributed by atoms with van der Waals surface area (Å²) in [6.07, 6.45) is 0.826. The lowest BCUT2D eigenvalue weighted by Crippen LogP contribution is -2.37. The molecule has 0 saturated carbocycles. The van der Waals surface area contributed by atoms with Gasteiger partial charge in [-0.3, -0.25) is 0 Å². The summed E-state index contributed by atoms with van der Waals surface area (Å²) in [7, 11) is 0. The highest BCUT2D eigenvalue weighted by Crippen LogP contribution is 2.24. The molecule has 1 aromatic carbocycles. The van der Waals surface area contributed by atoms with E-state index in [9.17, 15) is 4.79 Å². The largest absolute Gasteiger partial charge is 0.482 e. The highest BCUT2D eigenvalue weighted by Gasteiger charge is 2.16. The van der Waals surface area contributed by atoms with Crippen molar-refractivity contribution in [3.8, 4) is 17.0 Å². The number of hydrogen-bond acceptors (Lipinski definition) is 6. The predicted octanol–water partition coefficient (Wildman–Crippen LogP) is 2.01. The van der Waals surface area contributed by atoms with Crippen molar-refractivity contribution in [3.63, 3.8) is 0 Å². The van der Waals surface area contributed by atoms with E-state index in [0.29, 0.717) is 19.0 Å². The Morgan fingerprint density at radius 3 is 2.60 bits per heavy atom. The van der Waals surface area contributed by atoms with Crippen molar-refractivity contribution in [2.24, 2.45) is 0 Å². The van der Waals surface area contributed by atoms with E-state index in [1.54, 1.807) is 12.1 Å². The van der Waals surface area contributed by atoms with Crippen molar-refractivity contribution >= 4 is 11.9 Å². The average molecular weight is 343 g/mol. The summed E-state index contributed by atoms with van der Waals surface area (Å²) in [5.74, 6) is 0.246. The Kier molecular flexibility index (Phi) is 5.45. The summed E-state index contributed by atoms with van der Waals surface area (Å²) in [6.45, 7) is 4.66. The van der Waals surface area contributed by atoms with Gasteiger partial charge in [-0.2, -0.15) is 0 Å². The molecule has 1 N–H and O–H groups in total. The summed E-state index contributed by atoms with van der Waals surface area (Å²) >= 11 is 0. The second-order valence-corrected chi connectivity index (χ2v) is 5.70. The molecule has 0 amide bonds. The van der Waals surface area contributed by atoms with Crippen molar-refractivity contribution in [3.05, 3.63) is 36.0 Å². The van der Waals surface area contributed by atoms with Gasteiger partial charge in [-0.05, 0) is 36.8 Å². The van der Waals surface area contributed by atoms with E-state index < -0.39 is 5.97 Å². The van der Waals surface area contributed by atoms with E-state index in [1.807, 2.05) is 18.2 Å². The molecule has 0 aliphatic carbocycles. The maximum absolute atomic E-state index is 10.6. The van der Waals surface area contributed by atoms with Gasteiger partial charge in [0.1, 0.15) is 5.75 Å². The summed E-state index contributed by atoms with van der Waals surface area (Å²) in [5.41, 5.74) is 2.77. The lowest BCUT2D eigenvalue weighted by atomic mass is 10.1. The highest BCUT2D eigenvalue weighted by molar-refractivity contribution is 5.68. The van der Waals surface area contributed by atoms with E-state index in [-0.39, 0.29) is 6.61 Å². The first-order chi connectivity index (χ1) is 12.2. The summed E-state index contributed by atoms with van der Waals surface area (Å²) in [4.78, 5) is 22.0. The van der Waals surface area contributed by atoms with Crippen LogP contribution in [0.15, 0.2) is 30.3 Å². The molecule has 1 aromatic heterocycles. The molecule has 2 aromatic rings. The van der Waals surface area contributed by atoms with Gasteiger partial charge in [-0.25, -0.2) is 14.8 Å². The molecule has 1 saturated heterocycles. The molecule has 1 aliphatic heterocycles. The van der Waals surface area contributed by atoms with Crippen molar-refractivity contribution in [2.75, 3.05) is 37.8 Å². The Balaban J connectivity index is 1.84. The molecule has 0 spiro atoms. The normalized spacial score (nSPS) is 14.4. The fraction of sp³-hybridized carbons (Fsp3) is 0.389. The topological polar surface area (TPSA) is 84.8 Å². The number of anilines is 1. The molecule has 1 fully saturated rings. The van der Waals surface area contributed by atoms with Crippen LogP contribution in [-0.2, 0) is 16.0 Å². The number of carbonyl (C=O) groups is 1. The summed E-state index contributed by atoms with van der Waals surface area (Å²) in [5, 5.41) is 8.66. The van der Waals surface area contributed by atoms with Crippen molar-refractivity contribution in [1.29, 1.82) is 0 Å². The molecule has 0 atom stereocenters. The number of ether oxygens (including phenoxy) is 2. The van der Waals surface area contributed by atoms with Gasteiger partial charge in [0.2, 0.25) is 5.95 Å². The molecular weight excluding hydrogens is 322 g/mol. The van der Waals surface area contributed by atoms with E-state index in [2.05, 4.69) is 16.8 Å². The van der Waals surface area contributed by atoms with Crippen LogP contribution >= 0.6 is 0 Å². The van der Waals surface area contributed by atoms with Gasteiger partial charge in [-0.15, -0.1) is 0 Å². The number of aliphatic carboxylic acids is 1. The van der Waals surface area contributed by atoms with Gasteiger partial charge < -0.3 is 19.5 Å². The van der Waals surface area contributed by atoms with E-state index in [0.717, 1.165) is 42.4 Å². The van der Waals surface area contributed by atoms with Gasteiger partial charge in [0.05, 0.1) is 18.9 Å². The van der Waals surface area contributed by atoms with E-state index >= 15 is 0 Å². The van der Waals surface area contributed by atoms with Gasteiger partial charge in [-0.1, -0.05) is 6.92 Å². The monoisotopic (exact) mass is 343 g/mol. The van der Waals surface area contributed by atoms with Crippen LogP contribution in [0, 0.1) is 0 Å². The molecule has 25 heavy (non-hydrogen) atoms. The number of nitrogens with zero attached hydrogens (tertiary/aromatic N) is 3. The lowest BCUT2D eigenvalue weighted by molar-refractivity contribution is -0.139. The summed E-state index contributed by atoms with van der Waals surface area (Å²) < 4.78 is 10.6. The Morgan fingerprint density at radius 2 is 1.96 bits per heavy atom. The van der Waals surface area contributed by atoms with Gasteiger partial charge in [0.15, 0.2) is 6.61 Å². The zero-order valence-corrected chi connectivity index (χ0v) is 14.1. The molecule has 0 radical (unpaired) electrons. The number of rotatable bonds is 6. The molecule has 7 heteroatoms. The molecular formula is C18H21N3O4. The SMILES string of the molecule is CCc1cc(-c2ccc(OCC(=O)O)cc2)nc(N2CCOCC2)n1. The van der Waals surface area contributed by atoms with Crippen LogP contribution in [0.25, 0.3) is 11.3 Å². The first kappa shape index (κ1) is 17.2. The standard InChI is InChI=1S/C18H21N3O4/c1-2-14-11-16(20-18(19-14)21-7-9-24-10-8-21)13-3-5-15(6-4-13)25-12-17(22)23/h3-6,11H,2,7-10,12H2,1H3,(H,22,23). The quantitative estimate of drug-likeness (QED) is 0.859. The molecule has 3 rings (SSSR count). The minimum atomic E-state index is -0.998. The third-order valence-electron chi connectivity index (χ3n) is 3.94. The first-order valence-corrected chi connectivity index (χ1v) is 8.31. The van der Waals surface area contributed by atoms with Crippen molar-refractivity contribution < 1.29 is 19.4 Å². The van der Waals surface area contributed by atoms with Gasteiger partial charge >= 0.3 is 5.97 Å².